The molecule has 0 aliphatic carbocycles. The second-order valence-corrected chi connectivity index (χ2v) is 8.05. The van der Waals surface area contributed by atoms with E-state index in [1.807, 2.05) is 23.1 Å². The molecule has 0 radical (unpaired) electrons. The number of urea groups is 1. The number of anilines is 1. The molecule has 1 heterocycles. The summed E-state index contributed by atoms with van der Waals surface area (Å²) in [5.74, 6) is -0.339. The van der Waals surface area contributed by atoms with Crippen LogP contribution in [0, 0.1) is 0 Å². The Labute approximate surface area is 181 Å². The maximum Gasteiger partial charge on any atom is 0.346 e. The van der Waals surface area contributed by atoms with Crippen LogP contribution in [0.4, 0.5) is 10.5 Å². The van der Waals surface area contributed by atoms with E-state index < -0.39 is 0 Å². The second kappa shape index (κ2) is 9.63. The molecule has 6 N–H and O–H groups in total. The van der Waals surface area contributed by atoms with Crippen molar-refractivity contribution in [3.8, 4) is 0 Å². The number of rotatable bonds is 5. The summed E-state index contributed by atoms with van der Waals surface area (Å²) in [4.78, 5) is 26.9. The average Bonchev–Trinajstić information content (AvgIpc) is 2.74. The van der Waals surface area contributed by atoms with Gasteiger partial charge in [0.15, 0.2) is 0 Å². The van der Waals surface area contributed by atoms with E-state index in [1.165, 1.54) is 0 Å². The van der Waals surface area contributed by atoms with E-state index >= 15 is 0 Å². The standard InChI is InChI=1S/C22H26ClN5O2/c23-17-7-9-18(10-8-17)26-21(30)28-14-4-12-22(15-28,16-5-2-1-3-6-16)13-11-19(29)27-20(24)25/h1-3,5-10H,4,11-15H2,(H,26,30)(H4,24,25,27,29)/p+1. The summed E-state index contributed by atoms with van der Waals surface area (Å²) < 4.78 is 0. The normalized spacial score (nSPS) is 18.5. The SMILES string of the molecule is NC(=[NH2+])NC(=O)CCC1(c2ccccc2)CCCN(C(=O)Nc2ccc(Cl)cc2)C1. The Morgan fingerprint density at radius 1 is 1.13 bits per heavy atom. The van der Waals surface area contributed by atoms with Crippen molar-refractivity contribution in [2.75, 3.05) is 18.4 Å². The largest absolute Gasteiger partial charge is 0.346 e. The lowest BCUT2D eigenvalue weighted by atomic mass is 9.71. The average molecular weight is 429 g/mol. The molecule has 8 heteroatoms. The van der Waals surface area contributed by atoms with Gasteiger partial charge in [-0.3, -0.25) is 15.9 Å². The van der Waals surface area contributed by atoms with Gasteiger partial charge in [-0.2, -0.15) is 0 Å². The van der Waals surface area contributed by atoms with Gasteiger partial charge in [-0.1, -0.05) is 41.9 Å². The van der Waals surface area contributed by atoms with Gasteiger partial charge in [0.05, 0.1) is 0 Å². The summed E-state index contributed by atoms with van der Waals surface area (Å²) in [6.45, 7) is 1.18. The van der Waals surface area contributed by atoms with E-state index in [4.69, 9.17) is 22.7 Å². The highest BCUT2D eigenvalue weighted by molar-refractivity contribution is 6.30. The fraction of sp³-hybridized carbons (Fsp3) is 0.318. The van der Waals surface area contributed by atoms with Gasteiger partial charge in [-0.15, -0.1) is 0 Å². The van der Waals surface area contributed by atoms with Crippen molar-refractivity contribution in [1.82, 2.24) is 10.2 Å². The van der Waals surface area contributed by atoms with Gasteiger partial charge in [-0.05, 0) is 49.1 Å². The zero-order valence-corrected chi connectivity index (χ0v) is 17.5. The number of nitrogens with one attached hydrogen (secondary N) is 2. The Bertz CT molecular complexity index is 904. The van der Waals surface area contributed by atoms with E-state index in [2.05, 4.69) is 22.8 Å². The summed E-state index contributed by atoms with van der Waals surface area (Å²) in [6.07, 6.45) is 2.58. The Morgan fingerprint density at radius 3 is 2.50 bits per heavy atom. The first-order chi connectivity index (χ1) is 14.4. The first-order valence-electron chi connectivity index (χ1n) is 9.93. The first kappa shape index (κ1) is 21.6. The predicted octanol–water partition coefficient (Wildman–Crippen LogP) is 1.88. The number of nitrogens with two attached hydrogens (primary N) is 2. The number of amides is 3. The quantitative estimate of drug-likeness (QED) is 0.430. The fourth-order valence-corrected chi connectivity index (χ4v) is 4.12. The Morgan fingerprint density at radius 2 is 1.83 bits per heavy atom. The van der Waals surface area contributed by atoms with Crippen LogP contribution in [-0.4, -0.2) is 35.9 Å². The number of halogens is 1. The molecule has 1 saturated heterocycles. The molecular formula is C22H27ClN5O2+. The van der Waals surface area contributed by atoms with E-state index in [-0.39, 0.29) is 29.7 Å². The lowest BCUT2D eigenvalue weighted by Crippen LogP contribution is -2.56. The zero-order chi connectivity index (χ0) is 21.6. The number of carbonyl (C=O) groups excluding carboxylic acids is 2. The molecule has 1 aliphatic heterocycles. The van der Waals surface area contributed by atoms with Crippen LogP contribution in [0.1, 0.15) is 31.2 Å². The van der Waals surface area contributed by atoms with Crippen LogP contribution in [0.25, 0.3) is 0 Å². The van der Waals surface area contributed by atoms with Crippen molar-refractivity contribution < 1.29 is 15.0 Å². The van der Waals surface area contributed by atoms with Crippen LogP contribution in [0.5, 0.6) is 0 Å². The van der Waals surface area contributed by atoms with Crippen LogP contribution in [-0.2, 0) is 10.2 Å². The molecule has 1 atom stereocenters. The molecule has 30 heavy (non-hydrogen) atoms. The number of hydrogen-bond donors (Lipinski definition) is 4. The summed E-state index contributed by atoms with van der Waals surface area (Å²) in [7, 11) is 0. The van der Waals surface area contributed by atoms with E-state index in [9.17, 15) is 9.59 Å². The zero-order valence-electron chi connectivity index (χ0n) is 16.7. The molecule has 2 aromatic rings. The highest BCUT2D eigenvalue weighted by Crippen LogP contribution is 2.38. The highest BCUT2D eigenvalue weighted by atomic mass is 35.5. The van der Waals surface area contributed by atoms with Gasteiger partial charge in [0.25, 0.3) is 5.91 Å². The first-order valence-corrected chi connectivity index (χ1v) is 10.3. The molecule has 2 aromatic carbocycles. The van der Waals surface area contributed by atoms with Gasteiger partial charge in [0.1, 0.15) is 0 Å². The number of likely N-dealkylation sites (tertiary alicyclic amines) is 1. The maximum absolute atomic E-state index is 12.9. The minimum Gasteiger partial charge on any atom is -0.324 e. The van der Waals surface area contributed by atoms with Gasteiger partial charge in [0.2, 0.25) is 0 Å². The third-order valence-corrected chi connectivity index (χ3v) is 5.71. The third-order valence-electron chi connectivity index (χ3n) is 5.46. The van der Waals surface area contributed by atoms with Gasteiger partial charge in [0, 0.05) is 35.6 Å². The summed E-state index contributed by atoms with van der Waals surface area (Å²) in [5, 5.41) is 11.4. The molecule has 1 fully saturated rings. The Kier molecular flexibility index (Phi) is 6.95. The molecule has 0 saturated carbocycles. The van der Waals surface area contributed by atoms with Crippen LogP contribution in [0.2, 0.25) is 5.02 Å². The predicted molar refractivity (Wildman–Crippen MR) is 118 cm³/mol. The smallest absolute Gasteiger partial charge is 0.324 e. The van der Waals surface area contributed by atoms with Crippen molar-refractivity contribution >= 4 is 35.2 Å². The molecule has 158 valence electrons. The molecule has 0 aromatic heterocycles. The van der Waals surface area contributed by atoms with Gasteiger partial charge in [-0.25, -0.2) is 10.1 Å². The summed E-state index contributed by atoms with van der Waals surface area (Å²) in [5.41, 5.74) is 6.87. The molecule has 3 rings (SSSR count). The van der Waals surface area contributed by atoms with E-state index in [0.717, 1.165) is 18.4 Å². The minimum atomic E-state index is -0.322. The summed E-state index contributed by atoms with van der Waals surface area (Å²) in [6, 6.07) is 16.9. The highest BCUT2D eigenvalue weighted by Gasteiger charge is 2.39. The number of guanidine groups is 1. The second-order valence-electron chi connectivity index (χ2n) is 7.61. The van der Waals surface area contributed by atoms with Gasteiger partial charge >= 0.3 is 12.0 Å². The lowest BCUT2D eigenvalue weighted by Gasteiger charge is -2.43. The van der Waals surface area contributed by atoms with Crippen LogP contribution in [0.15, 0.2) is 54.6 Å². The molecule has 7 nitrogen and oxygen atoms in total. The van der Waals surface area contributed by atoms with Crippen molar-refractivity contribution in [2.24, 2.45) is 5.73 Å². The summed E-state index contributed by atoms with van der Waals surface area (Å²) >= 11 is 5.92. The van der Waals surface area contributed by atoms with Crippen molar-refractivity contribution in [1.29, 1.82) is 0 Å². The van der Waals surface area contributed by atoms with Crippen LogP contribution in [0.3, 0.4) is 0 Å². The Balaban J connectivity index is 1.76. The van der Waals surface area contributed by atoms with E-state index in [0.29, 0.717) is 30.2 Å². The third kappa shape index (κ3) is 5.51. The molecular weight excluding hydrogens is 402 g/mol. The fourth-order valence-electron chi connectivity index (χ4n) is 3.99. The minimum absolute atomic E-state index is 0.110. The van der Waals surface area contributed by atoms with Crippen LogP contribution >= 0.6 is 11.6 Å². The monoisotopic (exact) mass is 428 g/mol. The topological polar surface area (TPSA) is 113 Å². The maximum atomic E-state index is 12.9. The van der Waals surface area contributed by atoms with Gasteiger partial charge < -0.3 is 10.2 Å². The van der Waals surface area contributed by atoms with Crippen LogP contribution < -0.4 is 21.8 Å². The molecule has 0 spiro atoms. The lowest BCUT2D eigenvalue weighted by molar-refractivity contribution is -0.130. The number of piperidine rings is 1. The number of hydrogen-bond acceptors (Lipinski definition) is 2. The number of benzene rings is 2. The molecule has 1 unspecified atom stereocenters. The molecule has 0 bridgehead atoms. The molecule has 1 aliphatic rings. The van der Waals surface area contributed by atoms with E-state index in [1.54, 1.807) is 24.3 Å². The molecule has 3 amide bonds. The Hall–Kier alpha value is -3.06. The van der Waals surface area contributed by atoms with Crippen molar-refractivity contribution in [3.63, 3.8) is 0 Å². The number of nitrogens with zero attached hydrogens (tertiary/aromatic N) is 1. The van der Waals surface area contributed by atoms with Crippen molar-refractivity contribution in [3.05, 3.63) is 65.2 Å². The number of carbonyl (C=O) groups is 2. The van der Waals surface area contributed by atoms with Crippen molar-refractivity contribution in [2.45, 2.75) is 31.1 Å².